The number of hydrogen-bond donors (Lipinski definition) is 1. The Balaban J connectivity index is 1.64. The van der Waals surface area contributed by atoms with Crippen LogP contribution in [0.1, 0.15) is 56.2 Å². The van der Waals surface area contributed by atoms with Gasteiger partial charge in [-0.2, -0.15) is 0 Å². The van der Waals surface area contributed by atoms with Gasteiger partial charge in [-0.1, -0.05) is 56.7 Å². The molecule has 3 atom stereocenters. The number of ether oxygens (including phenoxy) is 1. The SMILES string of the molecule is C[C@]1(C(N)=O)CCC[C@]2(C)c3cc(OCc4ccccc4)ccc3CC[C@@H]12. The maximum Gasteiger partial charge on any atom is 0.223 e. The summed E-state index contributed by atoms with van der Waals surface area (Å²) in [6.07, 6.45) is 5.10. The number of primary amides is 1. The van der Waals surface area contributed by atoms with Crippen molar-refractivity contribution >= 4 is 5.91 Å². The average Bonchev–Trinajstić information content (AvgIpc) is 2.67. The lowest BCUT2D eigenvalue weighted by Crippen LogP contribution is -2.54. The van der Waals surface area contributed by atoms with Crippen LogP contribution < -0.4 is 10.5 Å². The van der Waals surface area contributed by atoms with Crippen LogP contribution >= 0.6 is 0 Å². The molecule has 27 heavy (non-hydrogen) atoms. The topological polar surface area (TPSA) is 52.3 Å². The first-order valence-electron chi connectivity index (χ1n) is 10.0. The van der Waals surface area contributed by atoms with Gasteiger partial charge in [0, 0.05) is 5.41 Å². The second-order valence-electron chi connectivity index (χ2n) is 8.74. The first-order valence-corrected chi connectivity index (χ1v) is 10.0. The van der Waals surface area contributed by atoms with Crippen LogP contribution in [0.15, 0.2) is 48.5 Å². The lowest BCUT2D eigenvalue weighted by Gasteiger charge is -2.54. The minimum atomic E-state index is -0.411. The third kappa shape index (κ3) is 3.03. The van der Waals surface area contributed by atoms with Crippen LogP contribution in [0.3, 0.4) is 0 Å². The fourth-order valence-electron chi connectivity index (χ4n) is 5.56. The van der Waals surface area contributed by atoms with Gasteiger partial charge in [0.05, 0.1) is 0 Å². The van der Waals surface area contributed by atoms with Gasteiger partial charge in [0.25, 0.3) is 0 Å². The summed E-state index contributed by atoms with van der Waals surface area (Å²) in [6.45, 7) is 4.98. The quantitative estimate of drug-likeness (QED) is 0.851. The lowest BCUT2D eigenvalue weighted by molar-refractivity contribution is -0.135. The van der Waals surface area contributed by atoms with Gasteiger partial charge in [-0.05, 0) is 65.8 Å². The predicted octanol–water partition coefficient (Wildman–Crippen LogP) is 4.76. The maximum atomic E-state index is 12.3. The monoisotopic (exact) mass is 363 g/mol. The molecule has 0 heterocycles. The molecule has 2 aliphatic rings. The van der Waals surface area contributed by atoms with Crippen molar-refractivity contribution in [3.63, 3.8) is 0 Å². The Morgan fingerprint density at radius 2 is 1.93 bits per heavy atom. The van der Waals surface area contributed by atoms with Crippen molar-refractivity contribution in [2.75, 3.05) is 0 Å². The molecule has 3 nitrogen and oxygen atoms in total. The van der Waals surface area contributed by atoms with E-state index in [9.17, 15) is 4.79 Å². The summed E-state index contributed by atoms with van der Waals surface area (Å²) < 4.78 is 6.09. The molecule has 0 bridgehead atoms. The Morgan fingerprint density at radius 1 is 1.15 bits per heavy atom. The van der Waals surface area contributed by atoms with Crippen LogP contribution in [0.2, 0.25) is 0 Å². The van der Waals surface area contributed by atoms with E-state index in [0.717, 1.165) is 37.9 Å². The zero-order chi connectivity index (χ0) is 19.1. The van der Waals surface area contributed by atoms with Crippen molar-refractivity contribution < 1.29 is 9.53 Å². The number of carbonyl (C=O) groups excluding carboxylic acids is 1. The van der Waals surface area contributed by atoms with Gasteiger partial charge in [-0.25, -0.2) is 0 Å². The number of benzene rings is 2. The van der Waals surface area contributed by atoms with Gasteiger partial charge >= 0.3 is 0 Å². The highest BCUT2D eigenvalue weighted by molar-refractivity contribution is 5.81. The van der Waals surface area contributed by atoms with Gasteiger partial charge in [0.1, 0.15) is 12.4 Å². The molecule has 1 saturated carbocycles. The summed E-state index contributed by atoms with van der Waals surface area (Å²) in [5.74, 6) is 1.07. The summed E-state index contributed by atoms with van der Waals surface area (Å²) in [5.41, 5.74) is 9.36. The molecule has 2 aromatic carbocycles. The summed E-state index contributed by atoms with van der Waals surface area (Å²) in [5, 5.41) is 0. The smallest absolute Gasteiger partial charge is 0.223 e. The molecule has 1 amide bonds. The first kappa shape index (κ1) is 18.1. The highest BCUT2D eigenvalue weighted by Gasteiger charge is 2.54. The molecule has 2 N–H and O–H groups in total. The molecule has 0 aliphatic heterocycles. The molecule has 0 spiro atoms. The number of fused-ring (bicyclic) bond motifs is 3. The van der Waals surface area contributed by atoms with E-state index in [0.29, 0.717) is 12.5 Å². The standard InChI is InChI=1S/C24H29NO2/c1-23-13-6-14-24(2,22(25)26)21(23)12-10-18-9-11-19(15-20(18)23)27-16-17-7-4-3-5-8-17/h3-5,7-9,11,15,21H,6,10,12-14,16H2,1-2H3,(H2,25,26)/t21-,23-,24+/m1/s1. The van der Waals surface area contributed by atoms with E-state index in [4.69, 9.17) is 10.5 Å². The Labute approximate surface area is 161 Å². The van der Waals surface area contributed by atoms with E-state index in [-0.39, 0.29) is 11.3 Å². The summed E-state index contributed by atoms with van der Waals surface area (Å²) in [4.78, 5) is 12.3. The van der Waals surface area contributed by atoms with Gasteiger partial charge in [0.2, 0.25) is 5.91 Å². The maximum absolute atomic E-state index is 12.3. The molecular formula is C24H29NO2. The van der Waals surface area contributed by atoms with E-state index in [2.05, 4.69) is 44.2 Å². The van der Waals surface area contributed by atoms with Crippen LogP contribution in [0.25, 0.3) is 0 Å². The van der Waals surface area contributed by atoms with Gasteiger partial charge in [-0.3, -0.25) is 4.79 Å². The van der Waals surface area contributed by atoms with E-state index in [1.807, 2.05) is 18.2 Å². The minimum Gasteiger partial charge on any atom is -0.489 e. The summed E-state index contributed by atoms with van der Waals surface area (Å²) >= 11 is 0. The highest BCUT2D eigenvalue weighted by atomic mass is 16.5. The second kappa shape index (κ2) is 6.70. The van der Waals surface area contributed by atoms with E-state index in [1.165, 1.54) is 16.7 Å². The van der Waals surface area contributed by atoms with Crippen molar-refractivity contribution in [3.8, 4) is 5.75 Å². The Hall–Kier alpha value is -2.29. The summed E-state index contributed by atoms with van der Waals surface area (Å²) in [6, 6.07) is 16.8. The summed E-state index contributed by atoms with van der Waals surface area (Å²) in [7, 11) is 0. The van der Waals surface area contributed by atoms with Crippen molar-refractivity contribution in [1.29, 1.82) is 0 Å². The molecule has 4 rings (SSSR count). The molecule has 0 aromatic heterocycles. The van der Waals surface area contributed by atoms with Crippen LogP contribution in [-0.4, -0.2) is 5.91 Å². The molecule has 2 aromatic rings. The predicted molar refractivity (Wildman–Crippen MR) is 108 cm³/mol. The fourth-order valence-corrected chi connectivity index (χ4v) is 5.56. The number of carbonyl (C=O) groups is 1. The molecule has 0 unspecified atom stereocenters. The van der Waals surface area contributed by atoms with E-state index < -0.39 is 5.41 Å². The number of amides is 1. The zero-order valence-corrected chi connectivity index (χ0v) is 16.3. The molecule has 142 valence electrons. The minimum absolute atomic E-state index is 0.0122. The molecule has 1 fully saturated rings. The molecular weight excluding hydrogens is 334 g/mol. The molecule has 0 saturated heterocycles. The van der Waals surface area contributed by atoms with Gasteiger partial charge in [0.15, 0.2) is 0 Å². The van der Waals surface area contributed by atoms with Crippen molar-refractivity contribution in [2.24, 2.45) is 17.1 Å². The van der Waals surface area contributed by atoms with E-state index >= 15 is 0 Å². The van der Waals surface area contributed by atoms with Crippen LogP contribution in [0.5, 0.6) is 5.75 Å². The largest absolute Gasteiger partial charge is 0.489 e. The second-order valence-corrected chi connectivity index (χ2v) is 8.74. The Bertz CT molecular complexity index is 847. The number of rotatable bonds is 4. The van der Waals surface area contributed by atoms with Crippen molar-refractivity contribution in [2.45, 2.75) is 58.0 Å². The third-order valence-electron chi connectivity index (χ3n) is 7.14. The molecule has 2 aliphatic carbocycles. The number of aryl methyl sites for hydroxylation is 1. The Kier molecular flexibility index (Phi) is 4.49. The third-order valence-corrected chi connectivity index (χ3v) is 7.14. The van der Waals surface area contributed by atoms with Gasteiger partial charge in [-0.15, -0.1) is 0 Å². The first-order chi connectivity index (χ1) is 12.9. The highest BCUT2D eigenvalue weighted by Crippen LogP contribution is 2.57. The van der Waals surface area contributed by atoms with Crippen molar-refractivity contribution in [1.82, 2.24) is 0 Å². The van der Waals surface area contributed by atoms with Gasteiger partial charge < -0.3 is 10.5 Å². The number of hydrogen-bond acceptors (Lipinski definition) is 2. The zero-order valence-electron chi connectivity index (χ0n) is 16.3. The molecule has 0 radical (unpaired) electrons. The Morgan fingerprint density at radius 3 is 2.67 bits per heavy atom. The van der Waals surface area contributed by atoms with Crippen LogP contribution in [0.4, 0.5) is 0 Å². The van der Waals surface area contributed by atoms with E-state index in [1.54, 1.807) is 0 Å². The average molecular weight is 364 g/mol. The van der Waals surface area contributed by atoms with Crippen molar-refractivity contribution in [3.05, 3.63) is 65.2 Å². The normalized spacial score (nSPS) is 29.5. The molecule has 3 heteroatoms. The fraction of sp³-hybridized carbons (Fsp3) is 0.458. The van der Waals surface area contributed by atoms with Crippen LogP contribution in [-0.2, 0) is 23.2 Å². The number of nitrogens with two attached hydrogens (primary N) is 1. The lowest BCUT2D eigenvalue weighted by atomic mass is 9.49. The van der Waals surface area contributed by atoms with Crippen LogP contribution in [0, 0.1) is 11.3 Å².